The number of aromatic nitrogens is 2. The van der Waals surface area contributed by atoms with Gasteiger partial charge in [-0.25, -0.2) is 4.98 Å². The minimum absolute atomic E-state index is 0.155. The summed E-state index contributed by atoms with van der Waals surface area (Å²) >= 11 is 0. The third-order valence-corrected chi connectivity index (χ3v) is 3.03. The SMILES string of the molecule is Cn1cnc2cc(CC(C)(C)CN)ccc21. The van der Waals surface area contributed by atoms with Crippen molar-refractivity contribution < 1.29 is 0 Å². The molecule has 0 aliphatic carbocycles. The van der Waals surface area contributed by atoms with E-state index in [1.54, 1.807) is 0 Å². The lowest BCUT2D eigenvalue weighted by Gasteiger charge is -2.22. The Labute approximate surface area is 96.3 Å². The highest BCUT2D eigenvalue weighted by atomic mass is 15.0. The van der Waals surface area contributed by atoms with E-state index in [-0.39, 0.29) is 5.41 Å². The van der Waals surface area contributed by atoms with Crippen LogP contribution in [0.4, 0.5) is 0 Å². The van der Waals surface area contributed by atoms with Crippen molar-refractivity contribution in [2.24, 2.45) is 18.2 Å². The quantitative estimate of drug-likeness (QED) is 0.855. The predicted molar refractivity (Wildman–Crippen MR) is 67.3 cm³/mol. The Hall–Kier alpha value is -1.35. The van der Waals surface area contributed by atoms with Gasteiger partial charge < -0.3 is 10.3 Å². The fourth-order valence-corrected chi connectivity index (χ4v) is 1.92. The molecule has 0 saturated carbocycles. The normalized spacial score (nSPS) is 12.2. The molecule has 2 N–H and O–H groups in total. The molecule has 2 rings (SSSR count). The van der Waals surface area contributed by atoms with Crippen molar-refractivity contribution in [2.45, 2.75) is 20.3 Å². The van der Waals surface area contributed by atoms with Gasteiger partial charge in [-0.05, 0) is 36.1 Å². The van der Waals surface area contributed by atoms with Crippen LogP contribution in [-0.4, -0.2) is 16.1 Å². The van der Waals surface area contributed by atoms with Crippen molar-refractivity contribution in [2.75, 3.05) is 6.54 Å². The molecule has 3 nitrogen and oxygen atoms in total. The van der Waals surface area contributed by atoms with E-state index in [1.165, 1.54) is 11.1 Å². The number of rotatable bonds is 3. The minimum Gasteiger partial charge on any atom is -0.334 e. The summed E-state index contributed by atoms with van der Waals surface area (Å²) in [6, 6.07) is 6.46. The van der Waals surface area contributed by atoms with E-state index < -0.39 is 0 Å². The van der Waals surface area contributed by atoms with E-state index in [0.717, 1.165) is 11.9 Å². The Morgan fingerprint density at radius 3 is 2.81 bits per heavy atom. The highest BCUT2D eigenvalue weighted by Crippen LogP contribution is 2.22. The first kappa shape index (κ1) is 11.1. The maximum absolute atomic E-state index is 5.75. The molecular formula is C13H19N3. The maximum atomic E-state index is 5.75. The van der Waals surface area contributed by atoms with Crippen molar-refractivity contribution >= 4 is 11.0 Å². The zero-order valence-corrected chi connectivity index (χ0v) is 10.2. The van der Waals surface area contributed by atoms with Gasteiger partial charge in [-0.2, -0.15) is 0 Å². The highest BCUT2D eigenvalue weighted by molar-refractivity contribution is 5.75. The summed E-state index contributed by atoms with van der Waals surface area (Å²) in [5, 5.41) is 0. The van der Waals surface area contributed by atoms with Crippen LogP contribution in [-0.2, 0) is 13.5 Å². The lowest BCUT2D eigenvalue weighted by Crippen LogP contribution is -2.25. The summed E-state index contributed by atoms with van der Waals surface area (Å²) < 4.78 is 2.03. The molecule has 1 aromatic carbocycles. The summed E-state index contributed by atoms with van der Waals surface area (Å²) in [4.78, 5) is 4.37. The van der Waals surface area contributed by atoms with Crippen LogP contribution in [0.15, 0.2) is 24.5 Å². The van der Waals surface area contributed by atoms with Gasteiger partial charge >= 0.3 is 0 Å². The molecular weight excluding hydrogens is 198 g/mol. The molecule has 1 heterocycles. The first-order valence-electron chi connectivity index (χ1n) is 5.62. The highest BCUT2D eigenvalue weighted by Gasteiger charge is 2.16. The second kappa shape index (κ2) is 3.91. The van der Waals surface area contributed by atoms with Crippen molar-refractivity contribution in [1.82, 2.24) is 9.55 Å². The molecule has 0 saturated heterocycles. The fourth-order valence-electron chi connectivity index (χ4n) is 1.92. The molecule has 0 fully saturated rings. The number of aryl methyl sites for hydroxylation is 1. The average molecular weight is 217 g/mol. The molecule has 0 radical (unpaired) electrons. The number of hydrogen-bond acceptors (Lipinski definition) is 2. The van der Waals surface area contributed by atoms with Crippen molar-refractivity contribution in [3.63, 3.8) is 0 Å². The number of benzene rings is 1. The molecule has 0 spiro atoms. The largest absolute Gasteiger partial charge is 0.334 e. The van der Waals surface area contributed by atoms with E-state index in [0.29, 0.717) is 6.54 Å². The first-order valence-corrected chi connectivity index (χ1v) is 5.62. The first-order chi connectivity index (χ1) is 7.52. The van der Waals surface area contributed by atoms with Gasteiger partial charge in [0.05, 0.1) is 17.4 Å². The Bertz CT molecular complexity index is 497. The summed E-state index contributed by atoms with van der Waals surface area (Å²) in [7, 11) is 2.01. The van der Waals surface area contributed by atoms with E-state index in [4.69, 9.17) is 5.73 Å². The van der Waals surface area contributed by atoms with Gasteiger partial charge in [-0.1, -0.05) is 19.9 Å². The summed E-state index contributed by atoms with van der Waals surface area (Å²) in [6.07, 6.45) is 2.85. The van der Waals surface area contributed by atoms with Gasteiger partial charge in [-0.3, -0.25) is 0 Å². The monoisotopic (exact) mass is 217 g/mol. The van der Waals surface area contributed by atoms with Gasteiger partial charge in [0.25, 0.3) is 0 Å². The number of nitrogens with zero attached hydrogens (tertiary/aromatic N) is 2. The van der Waals surface area contributed by atoms with E-state index in [1.807, 2.05) is 17.9 Å². The van der Waals surface area contributed by atoms with E-state index in [2.05, 4.69) is 37.0 Å². The molecule has 86 valence electrons. The summed E-state index contributed by atoms with van der Waals surface area (Å²) in [5.41, 5.74) is 9.45. The van der Waals surface area contributed by atoms with Crippen LogP contribution < -0.4 is 5.73 Å². The van der Waals surface area contributed by atoms with E-state index >= 15 is 0 Å². The van der Waals surface area contributed by atoms with Crippen molar-refractivity contribution in [1.29, 1.82) is 0 Å². The second-order valence-corrected chi connectivity index (χ2v) is 5.22. The van der Waals surface area contributed by atoms with Crippen molar-refractivity contribution in [3.05, 3.63) is 30.1 Å². The van der Waals surface area contributed by atoms with Gasteiger partial charge in [0.2, 0.25) is 0 Å². The summed E-state index contributed by atoms with van der Waals surface area (Å²) in [5.74, 6) is 0. The van der Waals surface area contributed by atoms with Crippen LogP contribution in [0.1, 0.15) is 19.4 Å². The summed E-state index contributed by atoms with van der Waals surface area (Å²) in [6.45, 7) is 5.08. The second-order valence-electron chi connectivity index (χ2n) is 5.22. The third-order valence-electron chi connectivity index (χ3n) is 3.03. The topological polar surface area (TPSA) is 43.8 Å². The fraction of sp³-hybridized carbons (Fsp3) is 0.462. The predicted octanol–water partition coefficient (Wildman–Crippen LogP) is 2.10. The standard InChI is InChI=1S/C13H19N3/c1-13(2,8-14)7-10-4-5-12-11(6-10)15-9-16(12)3/h4-6,9H,7-8,14H2,1-3H3. The Morgan fingerprint density at radius 1 is 1.38 bits per heavy atom. The maximum Gasteiger partial charge on any atom is 0.0955 e. The number of imidazole rings is 1. The average Bonchev–Trinajstić information content (AvgIpc) is 2.60. The smallest absolute Gasteiger partial charge is 0.0955 e. The lowest BCUT2D eigenvalue weighted by molar-refractivity contribution is 0.377. The number of fused-ring (bicyclic) bond motifs is 1. The van der Waals surface area contributed by atoms with Gasteiger partial charge in [-0.15, -0.1) is 0 Å². The van der Waals surface area contributed by atoms with Crippen LogP contribution in [0.5, 0.6) is 0 Å². The number of nitrogens with two attached hydrogens (primary N) is 1. The van der Waals surface area contributed by atoms with Gasteiger partial charge in [0.1, 0.15) is 0 Å². The molecule has 2 aromatic rings. The van der Waals surface area contributed by atoms with Crippen LogP contribution in [0.25, 0.3) is 11.0 Å². The molecule has 0 amide bonds. The molecule has 0 aliphatic heterocycles. The molecule has 0 unspecified atom stereocenters. The minimum atomic E-state index is 0.155. The van der Waals surface area contributed by atoms with Crippen LogP contribution >= 0.6 is 0 Å². The molecule has 3 heteroatoms. The zero-order valence-electron chi connectivity index (χ0n) is 10.2. The number of hydrogen-bond donors (Lipinski definition) is 1. The van der Waals surface area contributed by atoms with E-state index in [9.17, 15) is 0 Å². The zero-order chi connectivity index (χ0) is 11.8. The Kier molecular flexibility index (Phi) is 2.72. The molecule has 0 aliphatic rings. The molecule has 0 atom stereocenters. The Balaban J connectivity index is 2.33. The van der Waals surface area contributed by atoms with Gasteiger partial charge in [0.15, 0.2) is 0 Å². The molecule has 16 heavy (non-hydrogen) atoms. The Morgan fingerprint density at radius 2 is 2.12 bits per heavy atom. The van der Waals surface area contributed by atoms with Gasteiger partial charge in [0, 0.05) is 7.05 Å². The van der Waals surface area contributed by atoms with Crippen molar-refractivity contribution in [3.8, 4) is 0 Å². The third kappa shape index (κ3) is 2.09. The lowest BCUT2D eigenvalue weighted by atomic mass is 9.86. The van der Waals surface area contributed by atoms with Crippen LogP contribution in [0.3, 0.4) is 0 Å². The molecule has 0 bridgehead atoms. The van der Waals surface area contributed by atoms with Crippen LogP contribution in [0, 0.1) is 5.41 Å². The molecule has 1 aromatic heterocycles. The van der Waals surface area contributed by atoms with Crippen LogP contribution in [0.2, 0.25) is 0 Å².